The van der Waals surface area contributed by atoms with Gasteiger partial charge in [0.15, 0.2) is 0 Å². The summed E-state index contributed by atoms with van der Waals surface area (Å²) in [6, 6.07) is 27.7. The smallest absolute Gasteiger partial charge is 0.318 e. The number of H-pyrrole nitrogens is 1. The first kappa shape index (κ1) is 82.4. The fourth-order valence-corrected chi connectivity index (χ4v) is 19.1. The average Bonchev–Trinajstić information content (AvgIpc) is 1.56. The molecule has 6 saturated heterocycles. The molecule has 3 amide bonds. The molecule has 3 atom stereocenters. The van der Waals surface area contributed by atoms with Crippen molar-refractivity contribution in [3.05, 3.63) is 168 Å². The summed E-state index contributed by atoms with van der Waals surface area (Å²) >= 11 is 0. The minimum Gasteiger partial charge on any atom is -0.508 e. The third-order valence-corrected chi connectivity index (χ3v) is 25.6. The van der Waals surface area contributed by atoms with Crippen LogP contribution < -0.4 is 43.6 Å². The van der Waals surface area contributed by atoms with Gasteiger partial charge in [0.2, 0.25) is 17.7 Å². The van der Waals surface area contributed by atoms with Crippen LogP contribution in [0.1, 0.15) is 129 Å². The molecule has 13 heterocycles. The van der Waals surface area contributed by atoms with E-state index in [4.69, 9.17) is 44.1 Å². The molecule has 632 valence electrons. The van der Waals surface area contributed by atoms with Gasteiger partial charge >= 0.3 is 18.0 Å². The molecule has 5 aromatic carbocycles. The van der Waals surface area contributed by atoms with Crippen LogP contribution in [0.15, 0.2) is 123 Å². The summed E-state index contributed by atoms with van der Waals surface area (Å²) in [4.78, 5) is 91.2. The van der Waals surface area contributed by atoms with Crippen molar-refractivity contribution in [2.45, 2.75) is 155 Å². The van der Waals surface area contributed by atoms with Gasteiger partial charge in [-0.25, -0.2) is 0 Å². The Kier molecular flexibility index (Phi) is 25.8. The molecule has 18 rings (SSSR count). The molecule has 9 aromatic rings. The van der Waals surface area contributed by atoms with Gasteiger partial charge in [-0.05, 0) is 177 Å². The van der Waals surface area contributed by atoms with Crippen molar-refractivity contribution in [1.82, 2.24) is 64.6 Å². The Bertz CT molecular complexity index is 5190. The number of piperidine rings is 2. The lowest BCUT2D eigenvalue weighted by molar-refractivity contribution is -0.129. The summed E-state index contributed by atoms with van der Waals surface area (Å²) in [7, 11) is 0. The lowest BCUT2D eigenvalue weighted by Crippen LogP contribution is -2.56. The van der Waals surface area contributed by atoms with Crippen LogP contribution in [-0.4, -0.2) is 248 Å². The Hall–Kier alpha value is -11.3. The zero-order chi connectivity index (χ0) is 82.9. The standard InChI is InChI=1S/C33H42N6O3.C30H40N8O2.C30H35N5O3/c1-3-31(41)37-15-17-38(18-16-37)32-28-10-14-39(30-22-26(40)21-25-20-24(2)8-9-27(25)30)23-29(28)34-33(35-32)42-19-7-13-36-11-5-4-6-12-36;1-3-27(39)36-15-17-37(18-16-36)29-23-10-14-38(28-22(2)8-9-25-24(28)20-31-34-25)21-26(23)32-30(33-29)40-19-7-13-35-11-5-4-6-12-35;1-4-19(3)38-30-31-26-18-33(27-15-23(36)14-20-8-6-7-9-24(20)27)13-12-25(26)29(32-30)34-16-21-10-11-22(17-34)35(21)28(37)5-2/h3,8-9,20-22,40H,1,4-7,10-19,23H2,2H3;3,8-9,20H,1,4-7,10-19,21H2,2H3,(H,31,34);5-9,14-15,19,21-22,36H,2,4,10-13,16-18H2,1,3H3. The van der Waals surface area contributed by atoms with Crippen molar-refractivity contribution in [2.24, 2.45) is 0 Å². The highest BCUT2D eigenvalue weighted by atomic mass is 16.5. The number of aromatic nitrogens is 8. The van der Waals surface area contributed by atoms with Crippen LogP contribution in [0.5, 0.6) is 29.5 Å². The van der Waals surface area contributed by atoms with Crippen LogP contribution in [0.4, 0.5) is 34.5 Å². The molecule has 3 unspecified atom stereocenters. The molecule has 6 fully saturated rings. The van der Waals surface area contributed by atoms with Gasteiger partial charge in [-0.15, -0.1) is 0 Å². The molecule has 4 aromatic heterocycles. The first-order chi connectivity index (χ1) is 58.5. The second kappa shape index (κ2) is 37.5. The van der Waals surface area contributed by atoms with Crippen LogP contribution in [0.25, 0.3) is 32.4 Å². The normalized spacial score (nSPS) is 19.1. The first-order valence-corrected chi connectivity index (χ1v) is 43.7. The van der Waals surface area contributed by atoms with Gasteiger partial charge in [0, 0.05) is 167 Å². The number of benzene rings is 5. The molecule has 9 aliphatic heterocycles. The number of aromatic hydroxyl groups is 2. The molecule has 0 saturated carbocycles. The van der Waals surface area contributed by atoms with Gasteiger partial charge < -0.3 is 78.3 Å². The first-order valence-electron chi connectivity index (χ1n) is 43.7. The lowest BCUT2D eigenvalue weighted by atomic mass is 10.0. The number of likely N-dealkylation sites (tertiary alicyclic amines) is 2. The monoisotopic (exact) mass is 1630 g/mol. The number of carbonyl (C=O) groups excluding carboxylic acids is 3. The van der Waals surface area contributed by atoms with E-state index in [1.807, 2.05) is 64.2 Å². The number of aryl methyl sites for hydroxylation is 2. The number of hydrogen-bond donors (Lipinski definition) is 3. The van der Waals surface area contributed by atoms with Gasteiger partial charge in [-0.2, -0.15) is 35.0 Å². The number of phenolic OH excluding ortho intramolecular Hbond substituents is 2. The number of aromatic amines is 1. The number of nitrogens with one attached hydrogen (secondary N) is 1. The van der Waals surface area contributed by atoms with Crippen LogP contribution in [0.2, 0.25) is 0 Å². The van der Waals surface area contributed by atoms with Crippen molar-refractivity contribution in [2.75, 3.05) is 167 Å². The third-order valence-electron chi connectivity index (χ3n) is 25.6. The van der Waals surface area contributed by atoms with E-state index in [0.29, 0.717) is 90.1 Å². The number of phenols is 2. The second-order valence-corrected chi connectivity index (χ2v) is 33.5. The quantitative estimate of drug-likeness (QED) is 0.0421. The number of hydrogen-bond acceptors (Lipinski definition) is 23. The molecule has 9 aliphatic rings. The summed E-state index contributed by atoms with van der Waals surface area (Å²) in [6.45, 7) is 38.7. The summed E-state index contributed by atoms with van der Waals surface area (Å²) < 4.78 is 18.6. The average molecular weight is 1630 g/mol. The highest BCUT2D eigenvalue weighted by Crippen LogP contribution is 2.43. The lowest BCUT2D eigenvalue weighted by Gasteiger charge is -2.42. The van der Waals surface area contributed by atoms with Crippen LogP contribution >= 0.6 is 0 Å². The van der Waals surface area contributed by atoms with Crippen LogP contribution in [0, 0.1) is 13.8 Å². The van der Waals surface area contributed by atoms with Gasteiger partial charge in [0.25, 0.3) is 0 Å². The number of ether oxygens (including phenoxy) is 3. The van der Waals surface area contributed by atoms with E-state index in [-0.39, 0.29) is 47.4 Å². The van der Waals surface area contributed by atoms with E-state index in [0.717, 1.165) is 205 Å². The SMILES string of the molecule is C=CC(=O)N1C2CCC1CN(c1nc(OC(C)CC)nc3c1CCN(c1cc(O)cc4ccccc14)C3)C2.C=CC(=O)N1CCN(c2nc(OCCCN3CCCCC3)nc3c2CCN(c2c(C)ccc4[nH]ncc24)C3)CC1.C=CC(=O)N1CCN(c2nc(OCCCN3CCCCC3)nc3c2CCN(c2cc(O)cc4cc(C)ccc24)C3)CC1. The molecule has 2 bridgehead atoms. The highest BCUT2D eigenvalue weighted by Gasteiger charge is 2.44. The number of amides is 3. The van der Waals surface area contributed by atoms with Gasteiger partial charge in [-0.3, -0.25) is 19.5 Å². The predicted molar refractivity (Wildman–Crippen MR) is 472 cm³/mol. The Morgan fingerprint density at radius 1 is 0.508 bits per heavy atom. The van der Waals surface area contributed by atoms with E-state index in [2.05, 4.69) is 126 Å². The van der Waals surface area contributed by atoms with E-state index < -0.39 is 0 Å². The maximum atomic E-state index is 12.5. The zero-order valence-corrected chi connectivity index (χ0v) is 70.4. The topological polar surface area (TPSA) is 261 Å². The van der Waals surface area contributed by atoms with Crippen molar-refractivity contribution in [3.63, 3.8) is 0 Å². The molecule has 0 aliphatic carbocycles. The van der Waals surface area contributed by atoms with Crippen molar-refractivity contribution in [3.8, 4) is 29.5 Å². The largest absolute Gasteiger partial charge is 0.508 e. The van der Waals surface area contributed by atoms with Gasteiger partial charge in [-0.1, -0.05) is 93.6 Å². The Labute approximate surface area is 704 Å². The molecular weight excluding hydrogens is 1510 g/mol. The number of carbonyl (C=O) groups is 3. The fourth-order valence-electron chi connectivity index (χ4n) is 19.1. The fraction of sp³-hybridized carbons (Fsp3) is 0.484. The van der Waals surface area contributed by atoms with Gasteiger partial charge in [0.05, 0.1) is 73.4 Å². The maximum Gasteiger partial charge on any atom is 0.318 e. The summed E-state index contributed by atoms with van der Waals surface area (Å²) in [5.41, 5.74) is 13.1. The summed E-state index contributed by atoms with van der Waals surface area (Å²) in [5.74, 6) is 3.33. The Morgan fingerprint density at radius 2 is 0.992 bits per heavy atom. The van der Waals surface area contributed by atoms with Crippen LogP contribution in [-0.2, 0) is 53.3 Å². The number of rotatable bonds is 22. The number of anilines is 6. The van der Waals surface area contributed by atoms with E-state index in [1.54, 1.807) is 6.07 Å². The van der Waals surface area contributed by atoms with Crippen molar-refractivity contribution < 1.29 is 38.8 Å². The minimum atomic E-state index is -0.0266. The molecule has 3 N–H and O–H groups in total. The summed E-state index contributed by atoms with van der Waals surface area (Å²) in [5, 5.41) is 33.8. The molecule has 27 heteroatoms. The van der Waals surface area contributed by atoms with E-state index in [9.17, 15) is 24.6 Å². The predicted octanol–water partition coefficient (Wildman–Crippen LogP) is 12.1. The molecular formula is C93H117N19O8. The molecule has 0 spiro atoms. The van der Waals surface area contributed by atoms with E-state index >= 15 is 0 Å². The number of fused-ring (bicyclic) bond motifs is 8. The molecule has 0 radical (unpaired) electrons. The summed E-state index contributed by atoms with van der Waals surface area (Å²) in [6.07, 6.45) is 21.2. The van der Waals surface area contributed by atoms with E-state index in [1.165, 1.54) is 99.7 Å². The number of nitrogens with zero attached hydrogens (tertiary/aromatic N) is 18. The highest BCUT2D eigenvalue weighted by molar-refractivity contribution is 5.98. The Balaban J connectivity index is 0.000000134. The van der Waals surface area contributed by atoms with Crippen LogP contribution in [0.3, 0.4) is 0 Å². The van der Waals surface area contributed by atoms with Gasteiger partial charge in [0.1, 0.15) is 29.0 Å². The number of piperazine rings is 3. The third kappa shape index (κ3) is 18.5. The minimum absolute atomic E-state index is 0.00819. The zero-order valence-electron chi connectivity index (χ0n) is 70.4. The molecule has 120 heavy (non-hydrogen) atoms. The van der Waals surface area contributed by atoms with Crippen molar-refractivity contribution in [1.29, 1.82) is 0 Å². The second-order valence-electron chi connectivity index (χ2n) is 33.5. The Morgan fingerprint density at radius 3 is 1.52 bits per heavy atom. The van der Waals surface area contributed by atoms with Crippen molar-refractivity contribution >= 4 is 84.7 Å². The maximum absolute atomic E-state index is 12.5. The molecule has 27 nitrogen and oxygen atoms in total.